The highest BCUT2D eigenvalue weighted by Crippen LogP contribution is 2.60. The Hall–Kier alpha value is -0.590. The van der Waals surface area contributed by atoms with Gasteiger partial charge in [-0.25, -0.2) is 0 Å². The third-order valence-corrected chi connectivity index (χ3v) is 4.32. The van der Waals surface area contributed by atoms with Crippen LogP contribution in [0.5, 0.6) is 0 Å². The average molecular weight is 191 g/mol. The Kier molecular flexibility index (Phi) is 2.09. The molecule has 78 valence electrons. The smallest absolute Gasteiger partial charge is 0.0567 e. The molecule has 2 atom stereocenters. The fourth-order valence-electron chi connectivity index (χ4n) is 3.59. The second kappa shape index (κ2) is 2.95. The Morgan fingerprint density at radius 2 is 2.21 bits per heavy atom. The monoisotopic (exact) mass is 191 g/mol. The predicted molar refractivity (Wildman–Crippen MR) is 61.7 cm³/mol. The average Bonchev–Trinajstić information content (AvgIpc) is 2.55. The van der Waals surface area contributed by atoms with Crippen LogP contribution in [-0.4, -0.2) is 12.3 Å². The summed E-state index contributed by atoms with van der Waals surface area (Å²) in [6.07, 6.45) is 6.00. The zero-order chi connectivity index (χ0) is 10.4. The third-order valence-electron chi connectivity index (χ3n) is 4.32. The summed E-state index contributed by atoms with van der Waals surface area (Å²) in [6.45, 7) is 11.7. The minimum atomic E-state index is 0.343. The summed E-state index contributed by atoms with van der Waals surface area (Å²) in [4.78, 5) is 4.75. The first-order valence-corrected chi connectivity index (χ1v) is 5.67. The van der Waals surface area contributed by atoms with Gasteiger partial charge < -0.3 is 0 Å². The van der Waals surface area contributed by atoms with Gasteiger partial charge in [-0.15, -0.1) is 6.58 Å². The van der Waals surface area contributed by atoms with E-state index in [1.54, 1.807) is 0 Å². The van der Waals surface area contributed by atoms with E-state index in [0.29, 0.717) is 10.8 Å². The molecule has 0 N–H and O–H groups in total. The van der Waals surface area contributed by atoms with E-state index in [9.17, 15) is 0 Å². The van der Waals surface area contributed by atoms with Crippen molar-refractivity contribution >= 4 is 5.71 Å². The SMILES string of the molecule is C=CCN=C1C2(C)CCC(C2)C1(C)C. The van der Waals surface area contributed by atoms with Crippen molar-refractivity contribution in [2.75, 3.05) is 6.54 Å². The summed E-state index contributed by atoms with van der Waals surface area (Å²) >= 11 is 0. The molecule has 1 nitrogen and oxygen atoms in total. The number of hydrogen-bond donors (Lipinski definition) is 0. The normalized spacial score (nSPS) is 41.9. The molecule has 0 radical (unpaired) electrons. The Labute approximate surface area is 87.3 Å². The molecule has 1 heteroatoms. The van der Waals surface area contributed by atoms with Gasteiger partial charge in [0.25, 0.3) is 0 Å². The lowest BCUT2D eigenvalue weighted by molar-refractivity contribution is 0.332. The summed E-state index contributed by atoms with van der Waals surface area (Å²) in [6, 6.07) is 0. The summed E-state index contributed by atoms with van der Waals surface area (Å²) in [7, 11) is 0. The van der Waals surface area contributed by atoms with Crippen LogP contribution in [0.2, 0.25) is 0 Å². The lowest BCUT2D eigenvalue weighted by atomic mass is 9.71. The first-order chi connectivity index (χ1) is 6.50. The quantitative estimate of drug-likeness (QED) is 0.593. The number of fused-ring (bicyclic) bond motifs is 2. The Morgan fingerprint density at radius 3 is 2.71 bits per heavy atom. The molecule has 0 amide bonds. The molecule has 0 aromatic heterocycles. The molecule has 0 aliphatic heterocycles. The molecule has 2 rings (SSSR count). The van der Waals surface area contributed by atoms with Gasteiger partial charge in [0.15, 0.2) is 0 Å². The minimum absolute atomic E-state index is 0.343. The summed E-state index contributed by atoms with van der Waals surface area (Å²) in [5.41, 5.74) is 2.22. The van der Waals surface area contributed by atoms with Crippen molar-refractivity contribution in [3.8, 4) is 0 Å². The first kappa shape index (κ1) is 9.95. The van der Waals surface area contributed by atoms with Gasteiger partial charge >= 0.3 is 0 Å². The van der Waals surface area contributed by atoms with Crippen molar-refractivity contribution in [2.45, 2.75) is 40.0 Å². The first-order valence-electron chi connectivity index (χ1n) is 5.67. The molecular weight excluding hydrogens is 170 g/mol. The summed E-state index contributed by atoms with van der Waals surface area (Å²) < 4.78 is 0. The van der Waals surface area contributed by atoms with Crippen LogP contribution < -0.4 is 0 Å². The van der Waals surface area contributed by atoms with E-state index in [0.717, 1.165) is 12.5 Å². The van der Waals surface area contributed by atoms with Crippen LogP contribution in [0.3, 0.4) is 0 Å². The molecule has 2 unspecified atom stereocenters. The molecule has 0 aromatic carbocycles. The molecule has 0 aromatic rings. The standard InChI is InChI=1S/C13H21N/c1-5-8-14-11-12(2,3)10-6-7-13(11,4)9-10/h5,10H,1,6-9H2,2-4H3. The van der Waals surface area contributed by atoms with E-state index in [1.165, 1.54) is 25.0 Å². The van der Waals surface area contributed by atoms with Crippen LogP contribution in [-0.2, 0) is 0 Å². The zero-order valence-electron chi connectivity index (χ0n) is 9.64. The predicted octanol–water partition coefficient (Wildman–Crippen LogP) is 3.46. The molecule has 2 aliphatic carbocycles. The van der Waals surface area contributed by atoms with Gasteiger partial charge in [-0.2, -0.15) is 0 Å². The van der Waals surface area contributed by atoms with Crippen LogP contribution in [0.25, 0.3) is 0 Å². The maximum atomic E-state index is 4.75. The van der Waals surface area contributed by atoms with Crippen molar-refractivity contribution in [2.24, 2.45) is 21.7 Å². The van der Waals surface area contributed by atoms with E-state index < -0.39 is 0 Å². The van der Waals surface area contributed by atoms with E-state index >= 15 is 0 Å². The highest BCUT2D eigenvalue weighted by molar-refractivity contribution is 5.97. The van der Waals surface area contributed by atoms with Crippen molar-refractivity contribution in [3.05, 3.63) is 12.7 Å². The minimum Gasteiger partial charge on any atom is -0.289 e. The molecule has 14 heavy (non-hydrogen) atoms. The second-order valence-corrected chi connectivity index (χ2v) is 5.70. The van der Waals surface area contributed by atoms with E-state index in [4.69, 9.17) is 4.99 Å². The van der Waals surface area contributed by atoms with Crippen molar-refractivity contribution in [1.82, 2.24) is 0 Å². The lowest BCUT2D eigenvalue weighted by Gasteiger charge is -2.35. The summed E-state index contributed by atoms with van der Waals surface area (Å²) in [5.74, 6) is 0.871. The van der Waals surface area contributed by atoms with E-state index in [-0.39, 0.29) is 0 Å². The Balaban J connectivity index is 2.34. The molecule has 0 saturated heterocycles. The highest BCUT2D eigenvalue weighted by atomic mass is 14.8. The van der Waals surface area contributed by atoms with Gasteiger partial charge in [-0.1, -0.05) is 26.8 Å². The second-order valence-electron chi connectivity index (χ2n) is 5.70. The van der Waals surface area contributed by atoms with Crippen LogP contribution in [0.1, 0.15) is 40.0 Å². The summed E-state index contributed by atoms with van der Waals surface area (Å²) in [5, 5.41) is 0. The molecule has 0 heterocycles. The number of hydrogen-bond acceptors (Lipinski definition) is 1. The molecular formula is C13H21N. The number of aliphatic imine (C=N–C) groups is 1. The Morgan fingerprint density at radius 1 is 1.50 bits per heavy atom. The van der Waals surface area contributed by atoms with Crippen molar-refractivity contribution in [1.29, 1.82) is 0 Å². The van der Waals surface area contributed by atoms with Gasteiger partial charge in [-0.3, -0.25) is 4.99 Å². The fourth-order valence-corrected chi connectivity index (χ4v) is 3.59. The molecule has 2 saturated carbocycles. The van der Waals surface area contributed by atoms with E-state index in [2.05, 4.69) is 27.4 Å². The van der Waals surface area contributed by atoms with Gasteiger partial charge in [0.2, 0.25) is 0 Å². The van der Waals surface area contributed by atoms with Crippen LogP contribution in [0, 0.1) is 16.7 Å². The topological polar surface area (TPSA) is 12.4 Å². The van der Waals surface area contributed by atoms with E-state index in [1.807, 2.05) is 6.08 Å². The fraction of sp³-hybridized carbons (Fsp3) is 0.769. The molecule has 2 bridgehead atoms. The lowest BCUT2D eigenvalue weighted by Crippen LogP contribution is -2.35. The van der Waals surface area contributed by atoms with Gasteiger partial charge in [0.05, 0.1) is 6.54 Å². The van der Waals surface area contributed by atoms with Crippen molar-refractivity contribution in [3.63, 3.8) is 0 Å². The zero-order valence-corrected chi connectivity index (χ0v) is 9.64. The van der Waals surface area contributed by atoms with Crippen LogP contribution in [0.15, 0.2) is 17.6 Å². The van der Waals surface area contributed by atoms with Crippen molar-refractivity contribution < 1.29 is 0 Å². The third kappa shape index (κ3) is 1.18. The molecule has 2 aliphatic rings. The largest absolute Gasteiger partial charge is 0.289 e. The maximum Gasteiger partial charge on any atom is 0.0567 e. The van der Waals surface area contributed by atoms with Gasteiger partial charge in [0, 0.05) is 16.5 Å². The van der Waals surface area contributed by atoms with Gasteiger partial charge in [0.1, 0.15) is 0 Å². The maximum absolute atomic E-state index is 4.75. The van der Waals surface area contributed by atoms with Gasteiger partial charge in [-0.05, 0) is 25.2 Å². The Bertz CT molecular complexity index is 281. The molecule has 0 spiro atoms. The number of nitrogens with zero attached hydrogens (tertiary/aromatic N) is 1. The number of rotatable bonds is 2. The van der Waals surface area contributed by atoms with Crippen LogP contribution in [0.4, 0.5) is 0 Å². The molecule has 2 fully saturated rings. The van der Waals surface area contributed by atoms with Crippen LogP contribution >= 0.6 is 0 Å². The highest BCUT2D eigenvalue weighted by Gasteiger charge is 2.56.